The fourth-order valence-corrected chi connectivity index (χ4v) is 5.08. The molecule has 1 aliphatic heterocycles. The fourth-order valence-electron chi connectivity index (χ4n) is 4.91. The average Bonchev–Trinajstić information content (AvgIpc) is 2.87. The van der Waals surface area contributed by atoms with Gasteiger partial charge in [0.05, 0.1) is 18.7 Å². The number of carbonyl (C=O) groups excluding carboxylic acids is 3. The second-order valence-corrected chi connectivity index (χ2v) is 9.59. The first kappa shape index (κ1) is 25.3. The molecule has 3 atom stereocenters. The monoisotopic (exact) mass is 501 g/mol. The van der Waals surface area contributed by atoms with E-state index in [-0.39, 0.29) is 30.2 Å². The maximum atomic E-state index is 13.5. The molecular formula is C27H29ClFNO5. The van der Waals surface area contributed by atoms with E-state index in [1.54, 1.807) is 23.1 Å². The van der Waals surface area contributed by atoms with Crippen LogP contribution in [0.3, 0.4) is 0 Å². The highest BCUT2D eigenvalue weighted by molar-refractivity contribution is 6.31. The Bertz CT molecular complexity index is 1090. The van der Waals surface area contributed by atoms with Crippen LogP contribution in [0.15, 0.2) is 42.5 Å². The molecule has 0 aromatic heterocycles. The van der Waals surface area contributed by atoms with Gasteiger partial charge in [-0.3, -0.25) is 14.4 Å². The third-order valence-corrected chi connectivity index (χ3v) is 6.98. The molecule has 1 unspecified atom stereocenters. The zero-order chi connectivity index (χ0) is 24.9. The van der Waals surface area contributed by atoms with Crippen molar-refractivity contribution in [2.45, 2.75) is 38.7 Å². The average molecular weight is 502 g/mol. The van der Waals surface area contributed by atoms with Gasteiger partial charge in [-0.25, -0.2) is 4.39 Å². The van der Waals surface area contributed by atoms with Gasteiger partial charge in [-0.2, -0.15) is 0 Å². The number of carbonyl (C=O) groups is 3. The molecule has 1 aliphatic carbocycles. The molecule has 2 aromatic rings. The molecule has 1 saturated heterocycles. The van der Waals surface area contributed by atoms with Crippen LogP contribution in [-0.4, -0.2) is 54.8 Å². The van der Waals surface area contributed by atoms with Crippen LogP contribution in [0.2, 0.25) is 5.02 Å². The zero-order valence-corrected chi connectivity index (χ0v) is 20.4. The Morgan fingerprint density at radius 2 is 1.80 bits per heavy atom. The number of morpholine rings is 1. The van der Waals surface area contributed by atoms with Gasteiger partial charge >= 0.3 is 0 Å². The van der Waals surface area contributed by atoms with Crippen molar-refractivity contribution in [2.75, 3.05) is 26.3 Å². The number of ketones is 2. The van der Waals surface area contributed by atoms with Crippen molar-refractivity contribution < 1.29 is 28.2 Å². The number of halogens is 2. The first-order chi connectivity index (χ1) is 16.8. The van der Waals surface area contributed by atoms with Gasteiger partial charge in [-0.1, -0.05) is 24.4 Å². The summed E-state index contributed by atoms with van der Waals surface area (Å²) in [5.41, 5.74) is 0.833. The molecule has 186 valence electrons. The number of rotatable bonds is 7. The van der Waals surface area contributed by atoms with Crippen LogP contribution < -0.4 is 4.74 Å². The molecule has 1 amide bonds. The summed E-state index contributed by atoms with van der Waals surface area (Å²) >= 11 is 6.00. The Kier molecular flexibility index (Phi) is 8.19. The van der Waals surface area contributed by atoms with Crippen molar-refractivity contribution in [3.63, 3.8) is 0 Å². The first-order valence-corrected chi connectivity index (χ1v) is 12.3. The maximum Gasteiger partial charge on any atom is 0.226 e. The molecule has 1 saturated carbocycles. The molecule has 2 fully saturated rings. The molecule has 0 radical (unpaired) electrons. The number of nitrogens with zero attached hydrogens (tertiary/aromatic N) is 1. The van der Waals surface area contributed by atoms with Crippen molar-refractivity contribution in [1.82, 2.24) is 4.90 Å². The highest BCUT2D eigenvalue weighted by atomic mass is 35.5. The molecule has 0 bridgehead atoms. The van der Waals surface area contributed by atoms with Gasteiger partial charge in [0.2, 0.25) is 5.91 Å². The van der Waals surface area contributed by atoms with E-state index in [0.29, 0.717) is 54.4 Å². The smallest absolute Gasteiger partial charge is 0.226 e. The Hall–Kier alpha value is -2.77. The van der Waals surface area contributed by atoms with Crippen molar-refractivity contribution in [1.29, 1.82) is 0 Å². The Balaban J connectivity index is 1.41. The van der Waals surface area contributed by atoms with E-state index in [1.165, 1.54) is 31.2 Å². The summed E-state index contributed by atoms with van der Waals surface area (Å²) in [5, 5.41) is 0.449. The lowest BCUT2D eigenvalue weighted by Gasteiger charge is -2.38. The highest BCUT2D eigenvalue weighted by Crippen LogP contribution is 2.34. The summed E-state index contributed by atoms with van der Waals surface area (Å²) in [7, 11) is 0. The van der Waals surface area contributed by atoms with Crippen LogP contribution in [-0.2, 0) is 9.53 Å². The molecule has 2 aliphatic rings. The Morgan fingerprint density at radius 3 is 2.51 bits per heavy atom. The second-order valence-electron chi connectivity index (χ2n) is 9.15. The van der Waals surface area contributed by atoms with Crippen LogP contribution in [0.1, 0.15) is 53.3 Å². The number of hydrogen-bond donors (Lipinski definition) is 0. The quantitative estimate of drug-likeness (QED) is 0.500. The van der Waals surface area contributed by atoms with Crippen LogP contribution in [0.5, 0.6) is 5.75 Å². The number of benzene rings is 2. The lowest BCUT2D eigenvalue weighted by Crippen LogP contribution is -2.51. The molecule has 0 N–H and O–H groups in total. The molecule has 2 aromatic carbocycles. The van der Waals surface area contributed by atoms with Gasteiger partial charge in [-0.05, 0) is 62.2 Å². The first-order valence-electron chi connectivity index (χ1n) is 12.0. The molecule has 0 spiro atoms. The lowest BCUT2D eigenvalue weighted by molar-refractivity contribution is -0.146. The van der Waals surface area contributed by atoms with E-state index in [2.05, 4.69) is 0 Å². The maximum absolute atomic E-state index is 13.5. The largest absolute Gasteiger partial charge is 0.490 e. The zero-order valence-electron chi connectivity index (χ0n) is 19.7. The van der Waals surface area contributed by atoms with E-state index in [1.807, 2.05) is 0 Å². The van der Waals surface area contributed by atoms with Gasteiger partial charge in [0.25, 0.3) is 0 Å². The Labute approximate surface area is 209 Å². The minimum Gasteiger partial charge on any atom is -0.490 e. The summed E-state index contributed by atoms with van der Waals surface area (Å²) in [6.45, 7) is 2.78. The number of Topliss-reactive ketones (excluding diaryl/α,β-unsaturated/α-hetero) is 2. The van der Waals surface area contributed by atoms with E-state index < -0.39 is 17.7 Å². The molecule has 6 nitrogen and oxygen atoms in total. The van der Waals surface area contributed by atoms with Gasteiger partial charge < -0.3 is 14.4 Å². The summed E-state index contributed by atoms with van der Waals surface area (Å²) in [5.74, 6) is -1.09. The number of ether oxygens (including phenoxy) is 2. The number of hydrogen-bond acceptors (Lipinski definition) is 5. The van der Waals surface area contributed by atoms with Gasteiger partial charge in [0, 0.05) is 29.0 Å². The third-order valence-electron chi connectivity index (χ3n) is 6.74. The third kappa shape index (κ3) is 6.08. The van der Waals surface area contributed by atoms with E-state index in [4.69, 9.17) is 21.1 Å². The Morgan fingerprint density at radius 1 is 1.09 bits per heavy atom. The van der Waals surface area contributed by atoms with Crippen LogP contribution in [0.4, 0.5) is 4.39 Å². The molecule has 4 rings (SSSR count). The van der Waals surface area contributed by atoms with E-state index >= 15 is 0 Å². The predicted molar refractivity (Wildman–Crippen MR) is 129 cm³/mol. The molecule has 35 heavy (non-hydrogen) atoms. The van der Waals surface area contributed by atoms with Crippen molar-refractivity contribution >= 4 is 29.1 Å². The van der Waals surface area contributed by atoms with Crippen molar-refractivity contribution in [3.05, 3.63) is 64.4 Å². The summed E-state index contributed by atoms with van der Waals surface area (Å²) in [6, 6.07) is 10.4. The van der Waals surface area contributed by atoms with Crippen LogP contribution in [0.25, 0.3) is 0 Å². The predicted octanol–water partition coefficient (Wildman–Crippen LogP) is 4.98. The second kappa shape index (κ2) is 11.3. The van der Waals surface area contributed by atoms with Crippen molar-refractivity contribution in [2.24, 2.45) is 11.8 Å². The van der Waals surface area contributed by atoms with E-state index in [9.17, 15) is 18.8 Å². The van der Waals surface area contributed by atoms with Gasteiger partial charge in [-0.15, -0.1) is 0 Å². The lowest BCUT2D eigenvalue weighted by atomic mass is 9.74. The van der Waals surface area contributed by atoms with Gasteiger partial charge in [0.1, 0.15) is 24.3 Å². The minimum absolute atomic E-state index is 0.0469. The molecular weight excluding hydrogens is 473 g/mol. The fraction of sp³-hybridized carbons (Fsp3) is 0.444. The van der Waals surface area contributed by atoms with Crippen LogP contribution in [0, 0.1) is 17.7 Å². The molecule has 8 heteroatoms. The van der Waals surface area contributed by atoms with Gasteiger partial charge in [0.15, 0.2) is 11.6 Å². The summed E-state index contributed by atoms with van der Waals surface area (Å²) in [4.78, 5) is 40.4. The van der Waals surface area contributed by atoms with Crippen LogP contribution >= 0.6 is 11.6 Å². The topological polar surface area (TPSA) is 72.9 Å². The summed E-state index contributed by atoms with van der Waals surface area (Å²) in [6.07, 6.45) is 2.72. The minimum atomic E-state index is -0.411. The normalized spacial score (nSPS) is 22.5. The number of amides is 1. The van der Waals surface area contributed by atoms with E-state index in [0.717, 1.165) is 12.8 Å². The molecule has 1 heterocycles. The SMILES string of the molecule is CC(=O)c1cc(Cl)ccc1OCC1CN(C(=O)[C@@H]2CCCC[C@H]2C(=O)c2ccc(F)cc2)CCO1. The summed E-state index contributed by atoms with van der Waals surface area (Å²) < 4.78 is 25.0. The highest BCUT2D eigenvalue weighted by Gasteiger charge is 2.39. The standard InChI is InChI=1S/C27H29ClFNO5/c1-17(31)24-14-19(28)8-11-25(24)35-16-21-15-30(12-13-34-21)27(33)23-5-3-2-4-22(23)26(32)18-6-9-20(29)10-7-18/h6-11,14,21-23H,2-5,12-13,15-16H2,1H3/t21?,22-,23-/m1/s1. The van der Waals surface area contributed by atoms with Crippen molar-refractivity contribution in [3.8, 4) is 5.75 Å².